The van der Waals surface area contributed by atoms with E-state index >= 15 is 0 Å². The van der Waals surface area contributed by atoms with Gasteiger partial charge in [-0.05, 0) is 29.8 Å². The molecular weight excluding hydrogens is 350 g/mol. The van der Waals surface area contributed by atoms with Crippen molar-refractivity contribution < 1.29 is 9.59 Å². The van der Waals surface area contributed by atoms with Gasteiger partial charge in [0, 0.05) is 43.8 Å². The molecule has 6 heteroatoms. The first-order valence-electron chi connectivity index (χ1n) is 8.80. The van der Waals surface area contributed by atoms with E-state index in [1.165, 1.54) is 4.90 Å². The number of rotatable bonds is 4. The van der Waals surface area contributed by atoms with Gasteiger partial charge in [-0.2, -0.15) is 0 Å². The number of hydrogen-bond donors (Lipinski definition) is 1. The van der Waals surface area contributed by atoms with Crippen LogP contribution < -0.4 is 5.32 Å². The topological polar surface area (TPSA) is 52.7 Å². The Morgan fingerprint density at radius 2 is 1.73 bits per heavy atom. The van der Waals surface area contributed by atoms with E-state index in [4.69, 9.17) is 11.6 Å². The summed E-state index contributed by atoms with van der Waals surface area (Å²) in [5.74, 6) is -0.389. The highest BCUT2D eigenvalue weighted by Crippen LogP contribution is 2.26. The molecule has 5 nitrogen and oxygen atoms in total. The van der Waals surface area contributed by atoms with Crippen molar-refractivity contribution in [3.05, 3.63) is 70.2 Å². The fraction of sp³-hybridized carbons (Fsp3) is 0.300. The molecule has 0 spiro atoms. The number of amides is 2. The summed E-state index contributed by atoms with van der Waals surface area (Å²) in [6, 6.07) is 15.1. The highest BCUT2D eigenvalue weighted by Gasteiger charge is 2.35. The van der Waals surface area contributed by atoms with E-state index in [-0.39, 0.29) is 17.9 Å². The summed E-state index contributed by atoms with van der Waals surface area (Å²) in [5, 5.41) is 4.13. The minimum atomic E-state index is -0.194. The van der Waals surface area contributed by atoms with Crippen molar-refractivity contribution >= 4 is 23.4 Å². The molecule has 2 aliphatic rings. The molecule has 1 unspecified atom stereocenters. The minimum Gasteiger partial charge on any atom is -0.314 e. The third-order valence-electron chi connectivity index (χ3n) is 5.08. The molecule has 1 saturated heterocycles. The summed E-state index contributed by atoms with van der Waals surface area (Å²) in [6.07, 6.45) is 0. The van der Waals surface area contributed by atoms with Gasteiger partial charge in [-0.1, -0.05) is 35.9 Å². The minimum absolute atomic E-state index is 0.178. The van der Waals surface area contributed by atoms with E-state index in [2.05, 4.69) is 16.3 Å². The molecule has 0 aliphatic carbocycles. The van der Waals surface area contributed by atoms with Gasteiger partial charge in [0.25, 0.3) is 11.8 Å². The summed E-state index contributed by atoms with van der Waals surface area (Å²) in [7, 11) is 0. The number of fused-ring (bicyclic) bond motifs is 1. The van der Waals surface area contributed by atoms with Crippen molar-refractivity contribution in [1.29, 1.82) is 0 Å². The van der Waals surface area contributed by atoms with E-state index < -0.39 is 0 Å². The van der Waals surface area contributed by atoms with Gasteiger partial charge in [-0.25, -0.2) is 0 Å². The molecule has 0 radical (unpaired) electrons. The van der Waals surface area contributed by atoms with Crippen LogP contribution in [0.4, 0.5) is 0 Å². The van der Waals surface area contributed by atoms with Gasteiger partial charge < -0.3 is 5.32 Å². The molecule has 134 valence electrons. The van der Waals surface area contributed by atoms with Crippen molar-refractivity contribution in [3.8, 4) is 0 Å². The molecule has 0 aromatic heterocycles. The van der Waals surface area contributed by atoms with Crippen LogP contribution >= 0.6 is 11.6 Å². The Bertz CT molecular complexity index is 819. The molecule has 0 saturated carbocycles. The number of hydrogen-bond acceptors (Lipinski definition) is 4. The van der Waals surface area contributed by atoms with Crippen molar-refractivity contribution in [2.24, 2.45) is 0 Å². The van der Waals surface area contributed by atoms with Crippen molar-refractivity contribution in [3.63, 3.8) is 0 Å². The second kappa shape index (κ2) is 7.19. The number of imide groups is 1. The molecule has 2 aromatic rings. The SMILES string of the molecule is O=C1c2ccccc2C(=O)N1CCN1CCNCC1c1cccc(Cl)c1. The number of nitrogens with zero attached hydrogens (tertiary/aromatic N) is 2. The maximum atomic E-state index is 12.5. The van der Waals surface area contributed by atoms with Gasteiger partial charge in [0.05, 0.1) is 11.1 Å². The van der Waals surface area contributed by atoms with Crippen LogP contribution in [0.5, 0.6) is 0 Å². The Kier molecular flexibility index (Phi) is 4.76. The van der Waals surface area contributed by atoms with Crippen LogP contribution in [0.1, 0.15) is 32.3 Å². The highest BCUT2D eigenvalue weighted by atomic mass is 35.5. The van der Waals surface area contributed by atoms with Crippen molar-refractivity contribution in [2.45, 2.75) is 6.04 Å². The normalized spacial score (nSPS) is 20.5. The fourth-order valence-electron chi connectivity index (χ4n) is 3.73. The highest BCUT2D eigenvalue weighted by molar-refractivity contribution is 6.30. The zero-order chi connectivity index (χ0) is 18.1. The lowest BCUT2D eigenvalue weighted by atomic mass is 10.0. The van der Waals surface area contributed by atoms with E-state index in [9.17, 15) is 9.59 Å². The quantitative estimate of drug-likeness (QED) is 0.842. The molecule has 1 fully saturated rings. The van der Waals surface area contributed by atoms with Crippen LogP contribution in [0.3, 0.4) is 0 Å². The number of carbonyl (C=O) groups is 2. The molecule has 0 bridgehead atoms. The maximum Gasteiger partial charge on any atom is 0.261 e. The largest absolute Gasteiger partial charge is 0.314 e. The van der Waals surface area contributed by atoms with Gasteiger partial charge in [-0.3, -0.25) is 19.4 Å². The second-order valence-electron chi connectivity index (χ2n) is 6.62. The Morgan fingerprint density at radius 3 is 2.42 bits per heavy atom. The van der Waals surface area contributed by atoms with Crippen LogP contribution in [0.15, 0.2) is 48.5 Å². The number of piperazine rings is 1. The predicted octanol–water partition coefficient (Wildman–Crippen LogP) is 2.58. The average molecular weight is 370 g/mol. The Morgan fingerprint density at radius 1 is 1.00 bits per heavy atom. The van der Waals surface area contributed by atoms with E-state index in [0.717, 1.165) is 25.2 Å². The van der Waals surface area contributed by atoms with Crippen molar-refractivity contribution in [2.75, 3.05) is 32.7 Å². The Hall–Kier alpha value is -2.21. The first-order valence-corrected chi connectivity index (χ1v) is 9.18. The molecule has 26 heavy (non-hydrogen) atoms. The molecular formula is C20H20ClN3O2. The van der Waals surface area contributed by atoms with Crippen LogP contribution in [0, 0.1) is 0 Å². The maximum absolute atomic E-state index is 12.5. The zero-order valence-corrected chi connectivity index (χ0v) is 15.1. The number of halogens is 1. The second-order valence-corrected chi connectivity index (χ2v) is 7.05. The average Bonchev–Trinajstić information content (AvgIpc) is 2.91. The molecule has 2 amide bonds. The smallest absolute Gasteiger partial charge is 0.261 e. The van der Waals surface area contributed by atoms with Gasteiger partial charge in [0.2, 0.25) is 0 Å². The number of nitrogens with one attached hydrogen (secondary N) is 1. The monoisotopic (exact) mass is 369 g/mol. The van der Waals surface area contributed by atoms with Crippen LogP contribution in [0.25, 0.3) is 0 Å². The van der Waals surface area contributed by atoms with E-state index in [1.807, 2.05) is 18.2 Å². The molecule has 2 aromatic carbocycles. The number of benzene rings is 2. The molecule has 1 atom stereocenters. The summed E-state index contributed by atoms with van der Waals surface area (Å²) in [5.41, 5.74) is 2.15. The summed E-state index contributed by atoms with van der Waals surface area (Å²) in [4.78, 5) is 28.7. The Labute approximate surface area is 157 Å². The van der Waals surface area contributed by atoms with Gasteiger partial charge in [-0.15, -0.1) is 0 Å². The molecule has 2 aliphatic heterocycles. The third-order valence-corrected chi connectivity index (χ3v) is 5.31. The molecule has 2 heterocycles. The van der Waals surface area contributed by atoms with Crippen LogP contribution in [-0.2, 0) is 0 Å². The summed E-state index contributed by atoms with van der Waals surface area (Å²) >= 11 is 6.15. The molecule has 1 N–H and O–H groups in total. The van der Waals surface area contributed by atoms with Crippen LogP contribution in [-0.4, -0.2) is 54.3 Å². The van der Waals surface area contributed by atoms with E-state index in [0.29, 0.717) is 29.2 Å². The van der Waals surface area contributed by atoms with Crippen molar-refractivity contribution in [1.82, 2.24) is 15.1 Å². The lowest BCUT2D eigenvalue weighted by Gasteiger charge is -2.37. The van der Waals surface area contributed by atoms with Gasteiger partial charge >= 0.3 is 0 Å². The first kappa shape index (κ1) is 17.2. The first-order chi connectivity index (χ1) is 12.6. The zero-order valence-electron chi connectivity index (χ0n) is 14.3. The standard InChI is InChI=1S/C20H20ClN3O2/c21-15-5-3-4-14(12-15)18-13-22-8-9-23(18)10-11-24-19(25)16-6-1-2-7-17(16)20(24)26/h1-7,12,18,22H,8-11,13H2. The fourth-order valence-corrected chi connectivity index (χ4v) is 3.93. The summed E-state index contributed by atoms with van der Waals surface area (Å²) < 4.78 is 0. The van der Waals surface area contributed by atoms with Gasteiger partial charge in [0.15, 0.2) is 0 Å². The lowest BCUT2D eigenvalue weighted by Crippen LogP contribution is -2.49. The lowest BCUT2D eigenvalue weighted by molar-refractivity contribution is 0.0614. The Balaban J connectivity index is 1.48. The number of carbonyl (C=O) groups excluding carboxylic acids is 2. The third kappa shape index (κ3) is 3.14. The van der Waals surface area contributed by atoms with Crippen LogP contribution in [0.2, 0.25) is 5.02 Å². The predicted molar refractivity (Wildman–Crippen MR) is 100 cm³/mol. The summed E-state index contributed by atoms with van der Waals surface area (Å²) in [6.45, 7) is 3.61. The van der Waals surface area contributed by atoms with Gasteiger partial charge in [0.1, 0.15) is 0 Å². The van der Waals surface area contributed by atoms with E-state index in [1.54, 1.807) is 24.3 Å². The molecule has 4 rings (SSSR count).